The van der Waals surface area contributed by atoms with Gasteiger partial charge in [0.15, 0.2) is 0 Å². The van der Waals surface area contributed by atoms with Crippen molar-refractivity contribution in [3.8, 4) is 22.3 Å². The largest absolute Gasteiger partial charge is 0.337 e. The first kappa shape index (κ1) is 27.6. The van der Waals surface area contributed by atoms with Crippen molar-refractivity contribution in [2.24, 2.45) is 0 Å². The normalized spacial score (nSPS) is 16.3. The summed E-state index contributed by atoms with van der Waals surface area (Å²) in [4.78, 5) is 2.40. The highest BCUT2D eigenvalue weighted by molar-refractivity contribution is 6.18. The molecule has 9 rings (SSSR count). The van der Waals surface area contributed by atoms with Gasteiger partial charge in [0.2, 0.25) is 0 Å². The molecule has 224 valence electrons. The van der Waals surface area contributed by atoms with Crippen LogP contribution in [0.25, 0.3) is 60.1 Å². The number of benzene rings is 7. The van der Waals surface area contributed by atoms with Crippen molar-refractivity contribution in [3.05, 3.63) is 175 Å². The third-order valence-electron chi connectivity index (χ3n) is 10.4. The number of rotatable bonds is 2. The minimum Gasteiger partial charge on any atom is -0.337 e. The molecule has 1 nitrogen and oxygen atoms in total. The minimum absolute atomic E-state index is 0.0200. The second-order valence-electron chi connectivity index (χ2n) is 13.4. The fourth-order valence-electron chi connectivity index (χ4n) is 7.91. The molecule has 0 spiro atoms. The van der Waals surface area contributed by atoms with Gasteiger partial charge in [-0.05, 0) is 102 Å². The van der Waals surface area contributed by atoms with Crippen LogP contribution in [0.1, 0.15) is 30.5 Å². The van der Waals surface area contributed by atoms with E-state index in [9.17, 15) is 0 Å². The van der Waals surface area contributed by atoms with Gasteiger partial charge >= 0.3 is 0 Å². The maximum Gasteiger partial charge on any atom is 0.0493 e. The Balaban J connectivity index is 1.18. The second-order valence-corrected chi connectivity index (χ2v) is 13.4. The summed E-state index contributed by atoms with van der Waals surface area (Å²) in [6.07, 6.45) is 8.51. The molecule has 1 heterocycles. The van der Waals surface area contributed by atoms with E-state index in [2.05, 4.69) is 177 Å². The zero-order valence-corrected chi connectivity index (χ0v) is 26.8. The molecule has 7 aromatic carbocycles. The van der Waals surface area contributed by atoms with E-state index in [0.717, 1.165) is 17.7 Å². The fourth-order valence-corrected chi connectivity index (χ4v) is 7.91. The van der Waals surface area contributed by atoms with E-state index in [-0.39, 0.29) is 5.41 Å². The van der Waals surface area contributed by atoms with Crippen LogP contribution in [0.15, 0.2) is 158 Å². The fraction of sp³-hybridized carbons (Fsp3) is 0.0870. The smallest absolute Gasteiger partial charge is 0.0493 e. The van der Waals surface area contributed by atoms with E-state index >= 15 is 0 Å². The molecular weight excluding hydrogens is 567 g/mol. The molecule has 0 saturated carbocycles. The minimum atomic E-state index is -0.0200. The van der Waals surface area contributed by atoms with Crippen molar-refractivity contribution in [2.75, 3.05) is 11.4 Å². The second kappa shape index (κ2) is 10.4. The average molecular weight is 602 g/mol. The van der Waals surface area contributed by atoms with Crippen LogP contribution >= 0.6 is 0 Å². The number of hydrogen-bond acceptors (Lipinski definition) is 1. The van der Waals surface area contributed by atoms with Crippen LogP contribution in [-0.4, -0.2) is 6.54 Å². The molecule has 0 N–H and O–H groups in total. The van der Waals surface area contributed by atoms with E-state index in [0.29, 0.717) is 0 Å². The van der Waals surface area contributed by atoms with Gasteiger partial charge in [-0.3, -0.25) is 0 Å². The Labute approximate surface area is 276 Å². The van der Waals surface area contributed by atoms with Crippen LogP contribution in [0.3, 0.4) is 0 Å². The highest BCUT2D eigenvalue weighted by atomic mass is 15.1. The molecule has 2 aliphatic rings. The van der Waals surface area contributed by atoms with Crippen LogP contribution in [0, 0.1) is 0 Å². The Bertz CT molecular complexity index is 2490. The maximum absolute atomic E-state index is 4.36. The topological polar surface area (TPSA) is 3.24 Å². The highest BCUT2D eigenvalue weighted by Crippen LogP contribution is 2.49. The number of fused-ring (bicyclic) bond motifs is 9. The summed E-state index contributed by atoms with van der Waals surface area (Å²) in [6.45, 7) is 9.84. The van der Waals surface area contributed by atoms with Crippen molar-refractivity contribution in [2.45, 2.75) is 19.3 Å². The molecule has 0 unspecified atom stereocenters. The summed E-state index contributed by atoms with van der Waals surface area (Å²) in [5.41, 5.74) is 12.6. The van der Waals surface area contributed by atoms with Gasteiger partial charge in [0.1, 0.15) is 0 Å². The van der Waals surface area contributed by atoms with Crippen molar-refractivity contribution < 1.29 is 0 Å². The summed E-state index contributed by atoms with van der Waals surface area (Å²) in [5.74, 6) is 0. The Morgan fingerprint density at radius 3 is 2.02 bits per heavy atom. The van der Waals surface area contributed by atoms with Gasteiger partial charge in [-0.15, -0.1) is 0 Å². The predicted octanol–water partition coefficient (Wildman–Crippen LogP) is 12.4. The Hall–Kier alpha value is -5.66. The number of allylic oxidation sites excluding steroid dienone is 4. The van der Waals surface area contributed by atoms with Gasteiger partial charge < -0.3 is 4.90 Å². The first-order valence-electron chi connectivity index (χ1n) is 16.5. The lowest BCUT2D eigenvalue weighted by atomic mass is 9.81. The summed E-state index contributed by atoms with van der Waals surface area (Å²) < 4.78 is 0. The Morgan fingerprint density at radius 2 is 1.19 bits per heavy atom. The molecular formula is C46H35N. The van der Waals surface area contributed by atoms with Crippen LogP contribution < -0.4 is 4.90 Å². The Kier molecular flexibility index (Phi) is 6.14. The van der Waals surface area contributed by atoms with Gasteiger partial charge in [-0.2, -0.15) is 0 Å². The molecule has 0 saturated heterocycles. The molecule has 0 atom stereocenters. The highest BCUT2D eigenvalue weighted by Gasteiger charge is 2.35. The number of para-hydroxylation sites is 1. The first-order valence-corrected chi connectivity index (χ1v) is 16.5. The molecule has 1 heteroatoms. The molecule has 1 aliphatic carbocycles. The lowest BCUT2D eigenvalue weighted by molar-refractivity contribution is 0.660. The van der Waals surface area contributed by atoms with Crippen LogP contribution in [0.2, 0.25) is 0 Å². The quantitative estimate of drug-likeness (QED) is 0.178. The Morgan fingerprint density at radius 1 is 0.553 bits per heavy atom. The third kappa shape index (κ3) is 4.31. The van der Waals surface area contributed by atoms with Crippen LogP contribution in [0.4, 0.5) is 11.4 Å². The van der Waals surface area contributed by atoms with E-state index in [4.69, 9.17) is 0 Å². The maximum atomic E-state index is 4.36. The number of hydrogen-bond donors (Lipinski definition) is 0. The predicted molar refractivity (Wildman–Crippen MR) is 203 cm³/mol. The first-order chi connectivity index (χ1) is 23.0. The monoisotopic (exact) mass is 601 g/mol. The van der Waals surface area contributed by atoms with E-state index in [1.165, 1.54) is 77.1 Å². The van der Waals surface area contributed by atoms with Gasteiger partial charge in [0.25, 0.3) is 0 Å². The molecule has 0 radical (unpaired) electrons. The molecule has 7 aromatic rings. The van der Waals surface area contributed by atoms with Crippen molar-refractivity contribution in [3.63, 3.8) is 0 Å². The molecule has 47 heavy (non-hydrogen) atoms. The molecule has 0 bridgehead atoms. The van der Waals surface area contributed by atoms with Crippen molar-refractivity contribution in [1.82, 2.24) is 0 Å². The lowest BCUT2D eigenvalue weighted by Crippen LogP contribution is -2.18. The SMILES string of the molecule is C=C1/C=C\C=C/CN(c2ccc3ccc4c5cc(-c6ccc7c(c6)C(C)(C)c6ccccc6-7)ccc5ccc4c3c2)c2ccccc21. The standard InChI is InChI=1S/C46H35N/c1-30-11-5-4-10-26-47(45-15-9-7-12-36(30)45)35-22-18-32-20-23-37-38(42(32)29-35)24-19-31-16-17-33(27-41(31)37)34-21-25-40-39-13-6-8-14-43(39)46(2,3)44(40)28-34/h4-25,27-29H,1,26H2,2-3H3/b10-4-,11-5-. The molecule has 1 aliphatic heterocycles. The summed E-state index contributed by atoms with van der Waals surface area (Å²) >= 11 is 0. The number of nitrogens with zero attached hydrogens (tertiary/aromatic N) is 1. The molecule has 0 amide bonds. The third-order valence-corrected chi connectivity index (χ3v) is 10.4. The van der Waals surface area contributed by atoms with E-state index in [1.54, 1.807) is 0 Å². The zero-order chi connectivity index (χ0) is 31.7. The molecule has 0 fully saturated rings. The average Bonchev–Trinajstić information content (AvgIpc) is 3.38. The summed E-state index contributed by atoms with van der Waals surface area (Å²) in [7, 11) is 0. The summed E-state index contributed by atoms with van der Waals surface area (Å²) in [6, 6.07) is 47.5. The van der Waals surface area contributed by atoms with Crippen LogP contribution in [0.5, 0.6) is 0 Å². The lowest BCUT2D eigenvalue weighted by Gasteiger charge is -2.26. The van der Waals surface area contributed by atoms with Crippen LogP contribution in [-0.2, 0) is 5.41 Å². The van der Waals surface area contributed by atoms with Crippen molar-refractivity contribution in [1.29, 1.82) is 0 Å². The van der Waals surface area contributed by atoms with E-state index < -0.39 is 0 Å². The summed E-state index contributed by atoms with van der Waals surface area (Å²) in [5, 5.41) is 7.62. The van der Waals surface area contributed by atoms with Crippen molar-refractivity contribution >= 4 is 49.3 Å². The van der Waals surface area contributed by atoms with Gasteiger partial charge in [-0.25, -0.2) is 0 Å². The van der Waals surface area contributed by atoms with Gasteiger partial charge in [-0.1, -0.05) is 142 Å². The van der Waals surface area contributed by atoms with E-state index in [1.807, 2.05) is 0 Å². The molecule has 0 aromatic heterocycles. The number of anilines is 2. The van der Waals surface area contributed by atoms with Gasteiger partial charge in [0, 0.05) is 28.9 Å². The zero-order valence-electron chi connectivity index (χ0n) is 26.8. The van der Waals surface area contributed by atoms with Gasteiger partial charge in [0.05, 0.1) is 0 Å².